The Labute approximate surface area is 124 Å². The Hall–Kier alpha value is -0.640. The highest BCUT2D eigenvalue weighted by molar-refractivity contribution is 7.92. The third-order valence-electron chi connectivity index (χ3n) is 3.03. The van der Waals surface area contributed by atoms with Gasteiger partial charge in [-0.25, -0.2) is 16.8 Å². The van der Waals surface area contributed by atoms with Crippen molar-refractivity contribution in [2.45, 2.75) is 22.8 Å². The number of hydrogen-bond acceptors (Lipinski definition) is 6. The number of nitrogens with zero attached hydrogens (tertiary/aromatic N) is 1. The smallest absolute Gasteiger partial charge is 0.252 e. The van der Waals surface area contributed by atoms with E-state index in [4.69, 9.17) is 4.74 Å². The van der Waals surface area contributed by atoms with Gasteiger partial charge in [0, 0.05) is 19.8 Å². The summed E-state index contributed by atoms with van der Waals surface area (Å²) in [4.78, 5) is 0. The van der Waals surface area contributed by atoms with E-state index in [-0.39, 0.29) is 10.8 Å². The van der Waals surface area contributed by atoms with Gasteiger partial charge in [-0.3, -0.25) is 0 Å². The Morgan fingerprint density at radius 1 is 1.25 bits per heavy atom. The minimum Gasteiger partial charge on any atom is -0.487 e. The molecule has 0 amide bonds. The van der Waals surface area contributed by atoms with Gasteiger partial charge in [-0.05, 0) is 26.0 Å². The summed E-state index contributed by atoms with van der Waals surface area (Å²) in [5.74, 6) is 0. The van der Waals surface area contributed by atoms with Gasteiger partial charge < -0.3 is 4.74 Å². The maximum Gasteiger partial charge on any atom is 0.252 e. The summed E-state index contributed by atoms with van der Waals surface area (Å²) in [6.07, 6.45) is 1.10. The van der Waals surface area contributed by atoms with E-state index < -0.39 is 24.6 Å². The van der Waals surface area contributed by atoms with Gasteiger partial charge in [-0.1, -0.05) is 11.3 Å². The third-order valence-corrected chi connectivity index (χ3v) is 8.48. The normalized spacial score (nSPS) is 13.7. The van der Waals surface area contributed by atoms with Crippen LogP contribution in [0, 0.1) is 0 Å². The fourth-order valence-electron chi connectivity index (χ4n) is 1.44. The Morgan fingerprint density at radius 3 is 2.20 bits per heavy atom. The molecule has 1 aromatic rings. The van der Waals surface area contributed by atoms with Crippen LogP contribution in [0.3, 0.4) is 0 Å². The van der Waals surface area contributed by atoms with Gasteiger partial charge in [0.15, 0.2) is 14.9 Å². The quantitative estimate of drug-likeness (QED) is 0.777. The SMILES string of the molecule is COc1ccc(S(=O)(=O)N(C)CC(C)(C)S(C)(=O)=O)s1. The third kappa shape index (κ3) is 3.51. The summed E-state index contributed by atoms with van der Waals surface area (Å²) >= 11 is 1.00. The fourth-order valence-corrected chi connectivity index (χ4v) is 4.60. The zero-order chi connectivity index (χ0) is 15.8. The first-order valence-electron chi connectivity index (χ1n) is 5.71. The second-order valence-electron chi connectivity index (χ2n) is 5.07. The van der Waals surface area contributed by atoms with E-state index in [0.29, 0.717) is 5.06 Å². The predicted octanol–water partition coefficient (Wildman–Crippen LogP) is 1.20. The van der Waals surface area contributed by atoms with Crippen LogP contribution in [0.4, 0.5) is 0 Å². The van der Waals surface area contributed by atoms with Crippen LogP contribution in [0.5, 0.6) is 5.06 Å². The van der Waals surface area contributed by atoms with Crippen molar-refractivity contribution in [2.24, 2.45) is 0 Å². The molecule has 116 valence electrons. The molecule has 0 spiro atoms. The lowest BCUT2D eigenvalue weighted by molar-refractivity contribution is 0.422. The number of ether oxygens (including phenoxy) is 1. The van der Waals surface area contributed by atoms with Crippen molar-refractivity contribution >= 4 is 31.2 Å². The Balaban J connectivity index is 3.05. The van der Waals surface area contributed by atoms with Crippen LogP contribution in [0.2, 0.25) is 0 Å². The molecule has 0 aliphatic rings. The lowest BCUT2D eigenvalue weighted by Crippen LogP contribution is -2.44. The second kappa shape index (κ2) is 5.63. The number of hydrogen-bond donors (Lipinski definition) is 0. The minimum atomic E-state index is -3.71. The van der Waals surface area contributed by atoms with Crippen molar-refractivity contribution in [3.8, 4) is 5.06 Å². The standard InChI is InChI=1S/C11H19NO5S3/c1-11(2,19(5,13)14)8-12(3)20(15,16)10-7-6-9(17-4)18-10/h6-7H,8H2,1-5H3. The fraction of sp³-hybridized carbons (Fsp3) is 0.636. The molecule has 20 heavy (non-hydrogen) atoms. The molecule has 0 saturated heterocycles. The second-order valence-corrected chi connectivity index (χ2v) is 11.0. The van der Waals surface area contributed by atoms with Crippen LogP contribution < -0.4 is 4.74 Å². The molecule has 9 heteroatoms. The predicted molar refractivity (Wildman–Crippen MR) is 79.6 cm³/mol. The Morgan fingerprint density at radius 2 is 1.80 bits per heavy atom. The highest BCUT2D eigenvalue weighted by Crippen LogP contribution is 2.30. The molecule has 0 N–H and O–H groups in total. The molecule has 1 aromatic heterocycles. The zero-order valence-electron chi connectivity index (χ0n) is 12.1. The maximum absolute atomic E-state index is 12.4. The van der Waals surface area contributed by atoms with Crippen LogP contribution in [0.25, 0.3) is 0 Å². The molecule has 0 fully saturated rings. The molecular formula is C11H19NO5S3. The molecule has 0 unspecified atom stereocenters. The summed E-state index contributed by atoms with van der Waals surface area (Å²) in [5.41, 5.74) is 0. The number of rotatable bonds is 6. The van der Waals surface area contributed by atoms with Crippen molar-refractivity contribution in [3.63, 3.8) is 0 Å². The van der Waals surface area contributed by atoms with Crippen molar-refractivity contribution in [2.75, 3.05) is 27.0 Å². The summed E-state index contributed by atoms with van der Waals surface area (Å²) in [6, 6.07) is 3.01. The van der Waals surface area contributed by atoms with Crippen molar-refractivity contribution < 1.29 is 21.6 Å². The number of thiophene rings is 1. The Kier molecular flexibility index (Phi) is 4.90. The van der Waals surface area contributed by atoms with Crippen LogP contribution >= 0.6 is 11.3 Å². The summed E-state index contributed by atoms with van der Waals surface area (Å²) in [5, 5.41) is 0.486. The molecular weight excluding hydrogens is 322 g/mol. The maximum atomic E-state index is 12.4. The zero-order valence-corrected chi connectivity index (χ0v) is 14.5. The lowest BCUT2D eigenvalue weighted by atomic mass is 10.2. The van der Waals surface area contributed by atoms with Gasteiger partial charge >= 0.3 is 0 Å². The van der Waals surface area contributed by atoms with Crippen molar-refractivity contribution in [3.05, 3.63) is 12.1 Å². The van der Waals surface area contributed by atoms with E-state index in [2.05, 4.69) is 0 Å². The van der Waals surface area contributed by atoms with Crippen LogP contribution in [0.1, 0.15) is 13.8 Å². The highest BCUT2D eigenvalue weighted by atomic mass is 32.2. The van der Waals surface area contributed by atoms with Gasteiger partial charge in [0.1, 0.15) is 4.21 Å². The molecule has 0 bridgehead atoms. The molecule has 0 radical (unpaired) electrons. The number of methoxy groups -OCH3 is 1. The molecule has 0 atom stereocenters. The van der Waals surface area contributed by atoms with Crippen LogP contribution in [0.15, 0.2) is 16.3 Å². The largest absolute Gasteiger partial charge is 0.487 e. The molecule has 6 nitrogen and oxygen atoms in total. The monoisotopic (exact) mass is 341 g/mol. The van der Waals surface area contributed by atoms with E-state index in [1.165, 1.54) is 34.1 Å². The van der Waals surface area contributed by atoms with Gasteiger partial charge in [-0.15, -0.1) is 0 Å². The lowest BCUT2D eigenvalue weighted by Gasteiger charge is -2.27. The average molecular weight is 341 g/mol. The highest BCUT2D eigenvalue weighted by Gasteiger charge is 2.35. The minimum absolute atomic E-state index is 0.117. The van der Waals surface area contributed by atoms with E-state index >= 15 is 0 Å². The topological polar surface area (TPSA) is 80.8 Å². The van der Waals surface area contributed by atoms with Gasteiger partial charge in [-0.2, -0.15) is 4.31 Å². The first-order chi connectivity index (χ1) is 8.91. The summed E-state index contributed by atoms with van der Waals surface area (Å²) in [6.45, 7) is 2.89. The number of sulfonamides is 1. The van der Waals surface area contributed by atoms with E-state index in [9.17, 15) is 16.8 Å². The molecule has 1 rings (SSSR count). The first-order valence-corrected chi connectivity index (χ1v) is 9.86. The van der Waals surface area contributed by atoms with Gasteiger partial charge in [0.05, 0.1) is 11.9 Å². The summed E-state index contributed by atoms with van der Waals surface area (Å²) in [7, 11) is -4.25. The molecule has 1 heterocycles. The first kappa shape index (κ1) is 17.4. The molecule has 0 saturated carbocycles. The molecule has 0 aromatic carbocycles. The Bertz CT molecular complexity index is 673. The van der Waals surface area contributed by atoms with E-state index in [0.717, 1.165) is 21.9 Å². The van der Waals surface area contributed by atoms with Gasteiger partial charge in [0.2, 0.25) is 0 Å². The molecule has 0 aliphatic carbocycles. The molecule has 0 aliphatic heterocycles. The van der Waals surface area contributed by atoms with Gasteiger partial charge in [0.25, 0.3) is 10.0 Å². The average Bonchev–Trinajstić information content (AvgIpc) is 2.75. The van der Waals surface area contributed by atoms with Crippen LogP contribution in [-0.2, 0) is 19.9 Å². The van der Waals surface area contributed by atoms with Crippen molar-refractivity contribution in [1.29, 1.82) is 0 Å². The number of sulfone groups is 1. The van der Waals surface area contributed by atoms with Crippen molar-refractivity contribution in [1.82, 2.24) is 4.31 Å². The van der Waals surface area contributed by atoms with E-state index in [1.807, 2.05) is 0 Å². The summed E-state index contributed by atoms with van der Waals surface area (Å²) < 4.78 is 53.0. The van der Waals surface area contributed by atoms with E-state index in [1.54, 1.807) is 6.07 Å². The van der Waals surface area contributed by atoms with Crippen LogP contribution in [-0.4, -0.2) is 52.8 Å².